The minimum absolute atomic E-state index is 0.00185. The number of amides is 2. The molecular weight excluding hydrogens is 560 g/mol. The van der Waals surface area contributed by atoms with Crippen LogP contribution in [0.2, 0.25) is 0 Å². The van der Waals surface area contributed by atoms with E-state index in [9.17, 15) is 14.4 Å². The Morgan fingerprint density at radius 2 is 1.80 bits per heavy atom. The highest BCUT2D eigenvalue weighted by Crippen LogP contribution is 2.25. The minimum Gasteiger partial charge on any atom is -0.492 e. The number of hydrogen-bond acceptors (Lipinski definition) is 8. The molecule has 1 aromatic heterocycles. The molecule has 2 N–H and O–H groups in total. The van der Waals surface area contributed by atoms with Crippen LogP contribution in [0.25, 0.3) is 11.0 Å². The summed E-state index contributed by atoms with van der Waals surface area (Å²) in [5.41, 5.74) is 1.80. The number of nitrogens with zero attached hydrogens (tertiary/aromatic N) is 2. The minimum atomic E-state index is -0.819. The number of hydrogen-bond donors (Lipinski definition) is 2. The zero-order valence-corrected chi connectivity index (χ0v) is 25.8. The van der Waals surface area contributed by atoms with E-state index >= 15 is 0 Å². The monoisotopic (exact) mass is 604 g/mol. The molecule has 2 aliphatic rings. The molecule has 236 valence electrons. The quantitative estimate of drug-likeness (QED) is 0.324. The second kappa shape index (κ2) is 15.3. The van der Waals surface area contributed by atoms with Crippen molar-refractivity contribution in [2.24, 2.45) is 5.92 Å². The first-order valence-electron chi connectivity index (χ1n) is 15.7. The number of carbonyl (C=O) groups excluding carboxylic acids is 3. The molecule has 2 saturated heterocycles. The van der Waals surface area contributed by atoms with Crippen LogP contribution in [0.5, 0.6) is 5.75 Å². The van der Waals surface area contributed by atoms with Crippen LogP contribution in [-0.4, -0.2) is 98.6 Å². The van der Waals surface area contributed by atoms with Crippen molar-refractivity contribution >= 4 is 28.6 Å². The Balaban J connectivity index is 1.13. The number of ether oxygens (including phenoxy) is 2. The number of furan rings is 1. The van der Waals surface area contributed by atoms with E-state index in [-0.39, 0.29) is 23.4 Å². The fraction of sp³-hybridized carbons (Fsp3) is 0.500. The molecule has 3 aromatic rings. The predicted octanol–water partition coefficient (Wildman–Crippen LogP) is 3.29. The van der Waals surface area contributed by atoms with Crippen LogP contribution in [0.3, 0.4) is 0 Å². The highest BCUT2D eigenvalue weighted by molar-refractivity contribution is 5.99. The van der Waals surface area contributed by atoms with Crippen LogP contribution in [0.15, 0.2) is 59.0 Å². The molecule has 2 amide bonds. The van der Waals surface area contributed by atoms with Crippen molar-refractivity contribution in [2.75, 3.05) is 59.1 Å². The predicted molar refractivity (Wildman–Crippen MR) is 168 cm³/mol. The molecule has 3 heterocycles. The molecule has 2 fully saturated rings. The summed E-state index contributed by atoms with van der Waals surface area (Å²) in [6.45, 7) is 10.3. The Morgan fingerprint density at radius 3 is 2.57 bits per heavy atom. The fourth-order valence-electron chi connectivity index (χ4n) is 5.71. The summed E-state index contributed by atoms with van der Waals surface area (Å²) in [5.74, 6) is -0.232. The molecule has 5 rings (SSSR count). The van der Waals surface area contributed by atoms with Gasteiger partial charge in [-0.05, 0) is 61.6 Å². The summed E-state index contributed by atoms with van der Waals surface area (Å²) in [6.07, 6.45) is 2.26. The lowest BCUT2D eigenvalue weighted by Crippen LogP contribution is -2.54. The number of likely N-dealkylation sites (tertiary alicyclic amines) is 1. The van der Waals surface area contributed by atoms with E-state index in [4.69, 9.17) is 13.9 Å². The van der Waals surface area contributed by atoms with E-state index in [0.29, 0.717) is 30.9 Å². The van der Waals surface area contributed by atoms with Gasteiger partial charge in [0.15, 0.2) is 11.5 Å². The van der Waals surface area contributed by atoms with E-state index in [0.717, 1.165) is 64.2 Å². The average Bonchev–Trinajstić information content (AvgIpc) is 3.38. The van der Waals surface area contributed by atoms with Crippen LogP contribution >= 0.6 is 0 Å². The number of ketones is 1. The summed E-state index contributed by atoms with van der Waals surface area (Å²) < 4.78 is 17.1. The van der Waals surface area contributed by atoms with E-state index < -0.39 is 18.0 Å². The zero-order valence-electron chi connectivity index (χ0n) is 25.8. The lowest BCUT2D eigenvalue weighted by Gasteiger charge is -2.26. The third-order valence-corrected chi connectivity index (χ3v) is 8.34. The van der Waals surface area contributed by atoms with E-state index in [1.165, 1.54) is 5.56 Å². The van der Waals surface area contributed by atoms with Gasteiger partial charge in [-0.15, -0.1) is 0 Å². The van der Waals surface area contributed by atoms with Gasteiger partial charge in [-0.25, -0.2) is 0 Å². The first-order chi connectivity index (χ1) is 21.4. The molecule has 44 heavy (non-hydrogen) atoms. The molecule has 0 aliphatic carbocycles. The number of nitrogens with one attached hydrogen (secondary N) is 2. The molecule has 2 atom stereocenters. The SMILES string of the molecule is CC(C)C(NC(=O)c1cc2cc(OCCN3CCOCC3)ccc2o1)C(=O)NC1CCCN(CCc2ccccc2)CC1=O. The van der Waals surface area contributed by atoms with Crippen molar-refractivity contribution in [3.63, 3.8) is 0 Å². The number of Topliss-reactive ketones (excluding diaryl/α,β-unsaturated/α-hetero) is 1. The highest BCUT2D eigenvalue weighted by atomic mass is 16.5. The summed E-state index contributed by atoms with van der Waals surface area (Å²) in [7, 11) is 0. The maximum absolute atomic E-state index is 13.4. The van der Waals surface area contributed by atoms with Crippen molar-refractivity contribution in [1.82, 2.24) is 20.4 Å². The van der Waals surface area contributed by atoms with Crippen LogP contribution < -0.4 is 15.4 Å². The number of fused-ring (bicyclic) bond motifs is 1. The van der Waals surface area contributed by atoms with Crippen molar-refractivity contribution in [3.8, 4) is 5.75 Å². The van der Waals surface area contributed by atoms with Crippen LogP contribution in [0, 0.1) is 5.92 Å². The number of benzene rings is 2. The van der Waals surface area contributed by atoms with Crippen molar-refractivity contribution in [3.05, 3.63) is 65.9 Å². The smallest absolute Gasteiger partial charge is 0.287 e. The van der Waals surface area contributed by atoms with Crippen LogP contribution in [0.1, 0.15) is 42.8 Å². The molecular formula is C34H44N4O6. The first kappa shape index (κ1) is 31.7. The molecule has 0 bridgehead atoms. The van der Waals surface area contributed by atoms with Gasteiger partial charge in [-0.2, -0.15) is 0 Å². The van der Waals surface area contributed by atoms with Gasteiger partial charge < -0.3 is 24.5 Å². The molecule has 2 aliphatic heterocycles. The van der Waals surface area contributed by atoms with Gasteiger partial charge in [0.1, 0.15) is 24.0 Å². The topological polar surface area (TPSA) is 113 Å². The van der Waals surface area contributed by atoms with Crippen LogP contribution in [-0.2, 0) is 20.7 Å². The van der Waals surface area contributed by atoms with Gasteiger partial charge in [-0.1, -0.05) is 44.2 Å². The van der Waals surface area contributed by atoms with Gasteiger partial charge >= 0.3 is 0 Å². The number of rotatable bonds is 12. The second-order valence-corrected chi connectivity index (χ2v) is 12.0. The third-order valence-electron chi connectivity index (χ3n) is 8.34. The maximum Gasteiger partial charge on any atom is 0.287 e. The molecule has 0 saturated carbocycles. The Labute approximate surface area is 259 Å². The van der Waals surface area contributed by atoms with Crippen molar-refractivity contribution in [2.45, 2.75) is 45.2 Å². The Morgan fingerprint density at radius 1 is 1.00 bits per heavy atom. The highest BCUT2D eigenvalue weighted by Gasteiger charge is 2.31. The van der Waals surface area contributed by atoms with E-state index in [2.05, 4.69) is 32.6 Å². The average molecular weight is 605 g/mol. The summed E-state index contributed by atoms with van der Waals surface area (Å²) >= 11 is 0. The first-order valence-corrected chi connectivity index (χ1v) is 15.7. The molecule has 2 unspecified atom stereocenters. The van der Waals surface area contributed by atoms with Gasteiger partial charge in [0.25, 0.3) is 5.91 Å². The molecule has 0 radical (unpaired) electrons. The van der Waals surface area contributed by atoms with E-state index in [1.54, 1.807) is 12.1 Å². The van der Waals surface area contributed by atoms with Gasteiger partial charge in [-0.3, -0.25) is 24.2 Å². The lowest BCUT2D eigenvalue weighted by atomic mass is 10.0. The maximum atomic E-state index is 13.4. The lowest BCUT2D eigenvalue weighted by molar-refractivity contribution is -0.129. The number of morpholine rings is 1. The van der Waals surface area contributed by atoms with Gasteiger partial charge in [0, 0.05) is 31.6 Å². The van der Waals surface area contributed by atoms with Gasteiger partial charge in [0.05, 0.1) is 25.8 Å². The molecule has 10 nitrogen and oxygen atoms in total. The molecule has 2 aromatic carbocycles. The second-order valence-electron chi connectivity index (χ2n) is 12.0. The normalized spacial score (nSPS) is 19.1. The molecule has 0 spiro atoms. The Kier molecular flexibility index (Phi) is 11.0. The van der Waals surface area contributed by atoms with Crippen LogP contribution in [0.4, 0.5) is 0 Å². The summed E-state index contributed by atoms with van der Waals surface area (Å²) in [6, 6.07) is 15.9. The largest absolute Gasteiger partial charge is 0.492 e. The number of carbonyl (C=O) groups is 3. The van der Waals surface area contributed by atoms with Crippen molar-refractivity contribution in [1.29, 1.82) is 0 Å². The van der Waals surface area contributed by atoms with Gasteiger partial charge in [0.2, 0.25) is 5.91 Å². The Hall–Kier alpha value is -3.73. The third kappa shape index (κ3) is 8.68. The standard InChI is InChI=1S/C34H44N4O6/c1-24(2)32(34(41)35-28-9-6-13-38(23-29(28)39)14-12-25-7-4-3-5-8-25)36-33(40)31-22-26-21-27(10-11-30(26)44-31)43-20-17-37-15-18-42-19-16-37/h3-5,7-8,10-11,21-22,24,28,32H,6,9,12-20,23H2,1-2H3,(H,35,41)(H,36,40). The Bertz CT molecular complexity index is 1400. The fourth-order valence-corrected chi connectivity index (χ4v) is 5.71. The zero-order chi connectivity index (χ0) is 30.9. The molecule has 10 heteroatoms. The summed E-state index contributed by atoms with van der Waals surface area (Å²) in [4.78, 5) is 44.1. The van der Waals surface area contributed by atoms with E-state index in [1.807, 2.05) is 44.2 Å². The summed E-state index contributed by atoms with van der Waals surface area (Å²) in [5, 5.41) is 6.50. The van der Waals surface area contributed by atoms with Crippen molar-refractivity contribution < 1.29 is 28.3 Å².